The van der Waals surface area contributed by atoms with Gasteiger partial charge in [-0.1, -0.05) is 48.6 Å². The number of halogens is 3. The summed E-state index contributed by atoms with van der Waals surface area (Å²) in [4.78, 5) is 0. The zero-order chi connectivity index (χ0) is 18.3. The van der Waals surface area contributed by atoms with Crippen LogP contribution in [0, 0.1) is 0 Å². The Labute approximate surface area is 161 Å². The van der Waals surface area contributed by atoms with Crippen molar-refractivity contribution in [1.82, 2.24) is 0 Å². The van der Waals surface area contributed by atoms with Crippen LogP contribution in [0.15, 0.2) is 48.6 Å². The smallest absolute Gasteiger partial charge is 0.485 e. The van der Waals surface area contributed by atoms with E-state index in [1.165, 1.54) is 51.4 Å². The molecule has 25 heavy (non-hydrogen) atoms. The number of hydrogen-bond acceptors (Lipinski definition) is 3. The number of hydrogen-bond donors (Lipinski definition) is 0. The van der Waals surface area contributed by atoms with Gasteiger partial charge in [0.25, 0.3) is 0 Å². The fourth-order valence-corrected chi connectivity index (χ4v) is 1.71. The average Bonchev–Trinajstić information content (AvgIpc) is 2.35. The Morgan fingerprint density at radius 2 is 0.720 bits per heavy atom. The van der Waals surface area contributed by atoms with Crippen LogP contribution in [-0.4, -0.2) is 18.5 Å². The first-order chi connectivity index (χ1) is 11.2. The van der Waals surface area contributed by atoms with Gasteiger partial charge < -0.3 is 4.55 Å². The van der Waals surface area contributed by atoms with E-state index in [0.717, 1.165) is 0 Å². The molecule has 0 saturated heterocycles. The first-order valence-corrected chi connectivity index (χ1v) is 9.28. The van der Waals surface area contributed by atoms with Crippen molar-refractivity contribution < 1.29 is 45.6 Å². The van der Waals surface area contributed by atoms with Crippen LogP contribution >= 0.6 is 0 Å². The van der Waals surface area contributed by atoms with Crippen LogP contribution in [0.4, 0.5) is 13.2 Å². The molecule has 0 aromatic carbocycles. The molecule has 0 bridgehead atoms. The predicted molar refractivity (Wildman–Crippen MR) is 89.2 cm³/mol. The van der Waals surface area contributed by atoms with Gasteiger partial charge in [0.1, 0.15) is 0 Å². The standard InChI is InChI=1S/2C8H12.CHF3O3S.Rh/c2*1-2-4-6-8-7-5-3-1;2-1(3,4)8(5,6)7;/h2*1-2,7-8H,3-6H2;(H,5,6,7);/p-1/b2*2-1-,8-7-;;. The first kappa shape index (κ1) is 26.5. The van der Waals surface area contributed by atoms with Crippen molar-refractivity contribution in [2.24, 2.45) is 0 Å². The molecular weight excluding hydrogens is 444 g/mol. The zero-order valence-corrected chi connectivity index (χ0v) is 16.3. The minimum atomic E-state index is -6.09. The van der Waals surface area contributed by atoms with Crippen LogP contribution < -0.4 is 0 Å². The van der Waals surface area contributed by atoms with Crippen LogP contribution in [0.25, 0.3) is 0 Å². The number of rotatable bonds is 0. The maximum Gasteiger partial charge on any atom is 0.485 e. The fraction of sp³-hybridized carbons (Fsp3) is 0.529. The van der Waals surface area contributed by atoms with Gasteiger partial charge in [0.2, 0.25) is 0 Å². The molecule has 1 radical (unpaired) electrons. The van der Waals surface area contributed by atoms with Crippen molar-refractivity contribution in [3.05, 3.63) is 48.6 Å². The van der Waals surface area contributed by atoms with Gasteiger partial charge >= 0.3 is 5.51 Å². The summed E-state index contributed by atoms with van der Waals surface area (Å²) in [5, 5.41) is 0. The van der Waals surface area contributed by atoms with Crippen molar-refractivity contribution in [1.29, 1.82) is 0 Å². The summed E-state index contributed by atoms with van der Waals surface area (Å²) in [5.74, 6) is 0. The van der Waals surface area contributed by atoms with E-state index < -0.39 is 15.6 Å². The van der Waals surface area contributed by atoms with Crippen molar-refractivity contribution in [3.63, 3.8) is 0 Å². The maximum atomic E-state index is 10.7. The third kappa shape index (κ3) is 17.9. The summed E-state index contributed by atoms with van der Waals surface area (Å²) in [5.41, 5.74) is -5.65. The van der Waals surface area contributed by atoms with Gasteiger partial charge in [-0.3, -0.25) is 0 Å². The van der Waals surface area contributed by atoms with Gasteiger partial charge in [-0.25, -0.2) is 8.42 Å². The van der Waals surface area contributed by atoms with E-state index in [-0.39, 0.29) is 19.5 Å². The quantitative estimate of drug-likeness (QED) is 0.207. The van der Waals surface area contributed by atoms with E-state index in [4.69, 9.17) is 13.0 Å². The van der Waals surface area contributed by atoms with Crippen molar-refractivity contribution >= 4 is 10.1 Å². The Hall–Kier alpha value is -0.717. The van der Waals surface area contributed by atoms with Gasteiger partial charge in [0.05, 0.1) is 0 Å². The maximum absolute atomic E-state index is 10.7. The molecule has 0 atom stereocenters. The van der Waals surface area contributed by atoms with Crippen LogP contribution in [0.1, 0.15) is 51.4 Å². The van der Waals surface area contributed by atoms with Crippen LogP contribution in [-0.2, 0) is 29.6 Å². The fourth-order valence-electron chi connectivity index (χ4n) is 1.71. The van der Waals surface area contributed by atoms with Gasteiger partial charge in [0.15, 0.2) is 10.1 Å². The predicted octanol–water partition coefficient (Wildman–Crippen LogP) is 5.39. The van der Waals surface area contributed by atoms with Crippen LogP contribution in [0.3, 0.4) is 0 Å². The van der Waals surface area contributed by atoms with Crippen molar-refractivity contribution in [2.75, 3.05) is 0 Å². The molecule has 0 heterocycles. The van der Waals surface area contributed by atoms with Gasteiger partial charge in [-0.2, -0.15) is 13.2 Å². The van der Waals surface area contributed by atoms with E-state index in [2.05, 4.69) is 48.6 Å². The van der Waals surface area contributed by atoms with E-state index in [0.29, 0.717) is 0 Å². The summed E-state index contributed by atoms with van der Waals surface area (Å²) in [7, 11) is -6.09. The SMILES string of the molecule is C1=C\CC/C=C\CC/1.C1=C\CC/C=C\CC/1.O=S(=O)([O-])C(F)(F)F.[Rh]. The normalized spacial score (nSPS) is 22.4. The minimum Gasteiger partial charge on any atom is -0.741 e. The Morgan fingerprint density at radius 3 is 0.800 bits per heavy atom. The van der Waals surface area contributed by atoms with E-state index in [9.17, 15) is 13.2 Å². The molecular formula is C17H24F3O3RhS-. The third-order valence-electron chi connectivity index (χ3n) is 2.95. The first-order valence-electron chi connectivity index (χ1n) is 7.87. The molecule has 3 nitrogen and oxygen atoms in total. The Kier molecular flexibility index (Phi) is 16.5. The molecule has 0 N–H and O–H groups in total. The molecule has 2 rings (SSSR count). The largest absolute Gasteiger partial charge is 0.741 e. The molecule has 2 aliphatic carbocycles. The molecule has 0 spiro atoms. The second-order valence-electron chi connectivity index (χ2n) is 5.09. The van der Waals surface area contributed by atoms with Gasteiger partial charge in [-0.15, -0.1) is 0 Å². The second-order valence-corrected chi connectivity index (χ2v) is 6.47. The number of alkyl halides is 3. The molecule has 0 saturated carbocycles. The molecule has 2 aliphatic rings. The average molecular weight is 468 g/mol. The summed E-state index contributed by atoms with van der Waals surface area (Å²) >= 11 is 0. The van der Waals surface area contributed by atoms with Gasteiger partial charge in [0, 0.05) is 19.5 Å². The molecule has 0 aliphatic heterocycles. The summed E-state index contributed by atoms with van der Waals surface area (Å²) in [6.45, 7) is 0. The Morgan fingerprint density at radius 1 is 0.600 bits per heavy atom. The van der Waals surface area contributed by atoms with Crippen molar-refractivity contribution in [2.45, 2.75) is 56.9 Å². The molecule has 0 aromatic rings. The molecule has 8 heteroatoms. The number of allylic oxidation sites excluding steroid dienone is 8. The summed E-state index contributed by atoms with van der Waals surface area (Å²) < 4.78 is 58.9. The van der Waals surface area contributed by atoms with Crippen molar-refractivity contribution in [3.8, 4) is 0 Å². The van der Waals surface area contributed by atoms with Crippen LogP contribution in [0.5, 0.6) is 0 Å². The zero-order valence-electron chi connectivity index (χ0n) is 13.9. The van der Waals surface area contributed by atoms with E-state index in [1.54, 1.807) is 0 Å². The summed E-state index contributed by atoms with van der Waals surface area (Å²) in [6, 6.07) is 0. The van der Waals surface area contributed by atoms with E-state index >= 15 is 0 Å². The molecule has 0 amide bonds. The second kappa shape index (κ2) is 15.5. The Balaban J connectivity index is 0. The minimum absolute atomic E-state index is 0. The summed E-state index contributed by atoms with van der Waals surface area (Å²) in [6.07, 6.45) is 28.0. The Bertz CT molecular complexity index is 456. The monoisotopic (exact) mass is 468 g/mol. The molecule has 0 unspecified atom stereocenters. The van der Waals surface area contributed by atoms with E-state index in [1.807, 2.05) is 0 Å². The van der Waals surface area contributed by atoms with Gasteiger partial charge in [-0.05, 0) is 51.4 Å². The van der Waals surface area contributed by atoms with Crippen LogP contribution in [0.2, 0.25) is 0 Å². The third-order valence-corrected chi connectivity index (χ3v) is 3.52. The molecule has 0 aromatic heterocycles. The molecule has 0 fully saturated rings. The molecule has 147 valence electrons. The topological polar surface area (TPSA) is 57.2 Å².